The van der Waals surface area contributed by atoms with Crippen molar-refractivity contribution in [3.8, 4) is 22.2 Å². The average molecular weight is 444 g/mol. The first-order chi connectivity index (χ1) is 14.9. The lowest BCUT2D eigenvalue weighted by Crippen LogP contribution is -2.41. The first kappa shape index (κ1) is 20.4. The Balaban J connectivity index is 1.48. The molecular formula is C20H14F2N4O4S. The summed E-state index contributed by atoms with van der Waals surface area (Å²) in [5.74, 6) is -2.75. The van der Waals surface area contributed by atoms with Gasteiger partial charge in [0.15, 0.2) is 17.4 Å². The van der Waals surface area contributed by atoms with Crippen LogP contribution in [0.1, 0.15) is 17.5 Å². The predicted octanol–water partition coefficient (Wildman–Crippen LogP) is 4.09. The summed E-state index contributed by atoms with van der Waals surface area (Å²) in [5.41, 5.74) is 0.639. The highest BCUT2D eigenvalue weighted by molar-refractivity contribution is 7.14. The van der Waals surface area contributed by atoms with Gasteiger partial charge in [0, 0.05) is 5.56 Å². The van der Waals surface area contributed by atoms with Crippen LogP contribution in [0.2, 0.25) is 0 Å². The monoisotopic (exact) mass is 444 g/mol. The molecule has 0 bridgehead atoms. The van der Waals surface area contributed by atoms with Gasteiger partial charge in [-0.05, 0) is 48.7 Å². The summed E-state index contributed by atoms with van der Waals surface area (Å²) in [6.45, 7) is 1.52. The van der Waals surface area contributed by atoms with E-state index >= 15 is 0 Å². The fourth-order valence-corrected chi connectivity index (χ4v) is 3.39. The molecule has 0 aliphatic rings. The van der Waals surface area contributed by atoms with Crippen molar-refractivity contribution in [1.82, 2.24) is 15.5 Å². The van der Waals surface area contributed by atoms with Crippen LogP contribution in [0.5, 0.6) is 0 Å². The molecule has 2 amide bonds. The molecule has 0 aliphatic carbocycles. The van der Waals surface area contributed by atoms with Crippen LogP contribution in [-0.4, -0.2) is 28.0 Å². The molecule has 4 aromatic rings. The van der Waals surface area contributed by atoms with Gasteiger partial charge in [0.2, 0.25) is 11.7 Å². The Morgan fingerprint density at radius 2 is 2.00 bits per heavy atom. The Hall–Kier alpha value is -3.86. The number of amides is 2. The molecule has 1 aromatic carbocycles. The maximum absolute atomic E-state index is 13.5. The van der Waals surface area contributed by atoms with Gasteiger partial charge in [-0.2, -0.15) is 4.98 Å². The van der Waals surface area contributed by atoms with E-state index in [1.165, 1.54) is 36.7 Å². The minimum absolute atomic E-state index is 0.0682. The van der Waals surface area contributed by atoms with Crippen molar-refractivity contribution < 1.29 is 27.3 Å². The lowest BCUT2D eigenvalue weighted by molar-refractivity contribution is -0.117. The molecule has 0 fully saturated rings. The largest absolute Gasteiger partial charge is 0.459 e. The molecule has 0 aliphatic heterocycles. The van der Waals surface area contributed by atoms with E-state index in [4.69, 9.17) is 8.94 Å². The summed E-state index contributed by atoms with van der Waals surface area (Å²) in [6.07, 6.45) is 1.36. The highest BCUT2D eigenvalue weighted by atomic mass is 32.1. The highest BCUT2D eigenvalue weighted by Crippen LogP contribution is 2.34. The van der Waals surface area contributed by atoms with E-state index in [9.17, 15) is 18.4 Å². The number of halogens is 2. The lowest BCUT2D eigenvalue weighted by atomic mass is 10.2. The number of hydrogen-bond donors (Lipinski definition) is 2. The van der Waals surface area contributed by atoms with E-state index in [0.717, 1.165) is 12.1 Å². The van der Waals surface area contributed by atoms with Gasteiger partial charge >= 0.3 is 0 Å². The zero-order valence-corrected chi connectivity index (χ0v) is 16.7. The molecule has 0 saturated carbocycles. The van der Waals surface area contributed by atoms with Crippen molar-refractivity contribution >= 4 is 28.8 Å². The normalized spacial score (nSPS) is 11.8. The fraction of sp³-hybridized carbons (Fsp3) is 0.100. The van der Waals surface area contributed by atoms with Crippen molar-refractivity contribution in [1.29, 1.82) is 0 Å². The molecule has 31 heavy (non-hydrogen) atoms. The molecular weight excluding hydrogens is 430 g/mol. The van der Waals surface area contributed by atoms with Gasteiger partial charge in [0.25, 0.3) is 11.8 Å². The summed E-state index contributed by atoms with van der Waals surface area (Å²) >= 11 is 1.24. The summed E-state index contributed by atoms with van der Waals surface area (Å²) in [6, 6.07) is 7.09. The number of rotatable bonds is 6. The molecule has 0 unspecified atom stereocenters. The number of thiophene rings is 1. The van der Waals surface area contributed by atoms with Gasteiger partial charge in [0.05, 0.1) is 12.0 Å². The third-order valence-electron chi connectivity index (χ3n) is 4.21. The molecule has 11 heteroatoms. The van der Waals surface area contributed by atoms with Crippen LogP contribution < -0.4 is 10.6 Å². The Morgan fingerprint density at radius 1 is 1.16 bits per heavy atom. The number of carbonyl (C=O) groups excluding carboxylic acids is 2. The van der Waals surface area contributed by atoms with Crippen LogP contribution in [-0.2, 0) is 4.79 Å². The Morgan fingerprint density at radius 3 is 2.74 bits per heavy atom. The van der Waals surface area contributed by atoms with Crippen LogP contribution in [0.25, 0.3) is 22.2 Å². The second kappa shape index (κ2) is 8.48. The second-order valence-corrected chi connectivity index (χ2v) is 7.29. The fourth-order valence-electron chi connectivity index (χ4n) is 2.62. The summed E-state index contributed by atoms with van der Waals surface area (Å²) in [5, 5.41) is 10.7. The number of anilines is 1. The molecule has 158 valence electrons. The number of nitrogens with one attached hydrogen (secondary N) is 2. The van der Waals surface area contributed by atoms with Crippen molar-refractivity contribution in [2.24, 2.45) is 0 Å². The molecule has 4 rings (SSSR count). The van der Waals surface area contributed by atoms with E-state index in [1.807, 2.05) is 0 Å². The number of nitrogens with zero attached hydrogens (tertiary/aromatic N) is 2. The van der Waals surface area contributed by atoms with Crippen LogP contribution in [0.4, 0.5) is 14.5 Å². The van der Waals surface area contributed by atoms with Gasteiger partial charge in [-0.25, -0.2) is 8.78 Å². The number of hydrogen-bond acceptors (Lipinski definition) is 7. The summed E-state index contributed by atoms with van der Waals surface area (Å²) in [4.78, 5) is 29.2. The van der Waals surface area contributed by atoms with Gasteiger partial charge in [-0.3, -0.25) is 9.59 Å². The molecule has 3 heterocycles. The number of aromatic nitrogens is 2. The summed E-state index contributed by atoms with van der Waals surface area (Å²) in [7, 11) is 0. The van der Waals surface area contributed by atoms with E-state index in [1.54, 1.807) is 17.5 Å². The zero-order valence-electron chi connectivity index (χ0n) is 15.9. The molecule has 2 N–H and O–H groups in total. The standard InChI is InChI=1S/C20H14F2N4O4S/c1-10(23-19(28)15-3-2-7-29-15)18(27)24-14-6-8-31-16(14)20-25-17(26-30-20)11-4-5-12(21)13(22)9-11/h2-10H,1H3,(H,23,28)(H,24,27)/t10-/m0/s1. The molecule has 8 nitrogen and oxygen atoms in total. The molecule has 3 aromatic heterocycles. The number of furan rings is 1. The van der Waals surface area contributed by atoms with Gasteiger partial charge in [-0.1, -0.05) is 5.16 Å². The Bertz CT molecular complexity index is 1240. The summed E-state index contributed by atoms with van der Waals surface area (Å²) < 4.78 is 36.8. The van der Waals surface area contributed by atoms with Gasteiger partial charge in [-0.15, -0.1) is 11.3 Å². The number of benzene rings is 1. The molecule has 0 spiro atoms. The average Bonchev–Trinajstić information content (AvgIpc) is 3.51. The van der Waals surface area contributed by atoms with Crippen LogP contribution >= 0.6 is 11.3 Å². The van der Waals surface area contributed by atoms with Crippen molar-refractivity contribution in [3.05, 3.63) is 65.4 Å². The van der Waals surface area contributed by atoms with Crippen molar-refractivity contribution in [2.75, 3.05) is 5.32 Å². The van der Waals surface area contributed by atoms with Gasteiger partial charge < -0.3 is 19.6 Å². The maximum atomic E-state index is 13.5. The minimum atomic E-state index is -1.03. The number of carbonyl (C=O) groups is 2. The first-order valence-corrected chi connectivity index (χ1v) is 9.82. The van der Waals surface area contributed by atoms with E-state index in [2.05, 4.69) is 20.8 Å². The Labute approximate surface area is 177 Å². The lowest BCUT2D eigenvalue weighted by Gasteiger charge is -2.13. The maximum Gasteiger partial charge on any atom is 0.287 e. The van der Waals surface area contributed by atoms with E-state index < -0.39 is 29.5 Å². The van der Waals surface area contributed by atoms with E-state index in [-0.39, 0.29) is 23.0 Å². The molecule has 0 radical (unpaired) electrons. The first-order valence-electron chi connectivity index (χ1n) is 8.94. The van der Waals surface area contributed by atoms with Crippen LogP contribution in [0, 0.1) is 11.6 Å². The highest BCUT2D eigenvalue weighted by Gasteiger charge is 2.22. The SMILES string of the molecule is C[C@H](NC(=O)c1ccco1)C(=O)Nc1ccsc1-c1nc(-c2ccc(F)c(F)c2)no1. The van der Waals surface area contributed by atoms with Crippen LogP contribution in [0.15, 0.2) is 57.0 Å². The minimum Gasteiger partial charge on any atom is -0.459 e. The zero-order chi connectivity index (χ0) is 22.0. The van der Waals surface area contributed by atoms with Crippen molar-refractivity contribution in [2.45, 2.75) is 13.0 Å². The Kier molecular flexibility index (Phi) is 5.58. The van der Waals surface area contributed by atoms with Gasteiger partial charge in [0.1, 0.15) is 10.9 Å². The van der Waals surface area contributed by atoms with Crippen LogP contribution in [0.3, 0.4) is 0 Å². The van der Waals surface area contributed by atoms with Crippen molar-refractivity contribution in [3.63, 3.8) is 0 Å². The third-order valence-corrected chi connectivity index (χ3v) is 5.11. The van der Waals surface area contributed by atoms with E-state index in [0.29, 0.717) is 10.6 Å². The third kappa shape index (κ3) is 4.36. The smallest absolute Gasteiger partial charge is 0.287 e. The predicted molar refractivity (Wildman–Crippen MR) is 107 cm³/mol. The topological polar surface area (TPSA) is 110 Å². The molecule has 1 atom stereocenters. The second-order valence-electron chi connectivity index (χ2n) is 6.38. The quantitative estimate of drug-likeness (QED) is 0.463. The molecule has 0 saturated heterocycles.